The molecule has 1 aromatic rings. The number of rotatable bonds is 6. The molecule has 0 aliphatic heterocycles. The van der Waals surface area contributed by atoms with E-state index < -0.39 is 0 Å². The summed E-state index contributed by atoms with van der Waals surface area (Å²) >= 11 is 0. The third kappa shape index (κ3) is 2.96. The van der Waals surface area contributed by atoms with Crippen molar-refractivity contribution in [2.75, 3.05) is 13.7 Å². The van der Waals surface area contributed by atoms with Gasteiger partial charge < -0.3 is 10.1 Å². The van der Waals surface area contributed by atoms with Gasteiger partial charge in [-0.05, 0) is 80.5 Å². The maximum absolute atomic E-state index is 5.52. The first kappa shape index (κ1) is 14.9. The van der Waals surface area contributed by atoms with Crippen LogP contribution in [0.25, 0.3) is 0 Å². The third-order valence-corrected chi connectivity index (χ3v) is 5.41. The molecule has 2 aliphatic carbocycles. The zero-order chi connectivity index (χ0) is 15.0. The second kappa shape index (κ2) is 6.00. The minimum absolute atomic E-state index is 0.529. The van der Waals surface area contributed by atoms with Crippen molar-refractivity contribution in [3.05, 3.63) is 28.8 Å². The van der Waals surface area contributed by atoms with Gasteiger partial charge in [0.15, 0.2) is 0 Å². The molecule has 0 spiro atoms. The highest BCUT2D eigenvalue weighted by molar-refractivity contribution is 5.44. The first-order chi connectivity index (χ1) is 10.1. The van der Waals surface area contributed by atoms with Gasteiger partial charge in [0.1, 0.15) is 5.75 Å². The number of methoxy groups -OCH3 is 1. The van der Waals surface area contributed by atoms with Crippen LogP contribution in [-0.4, -0.2) is 13.7 Å². The van der Waals surface area contributed by atoms with Crippen LogP contribution in [0.4, 0.5) is 0 Å². The molecule has 2 aliphatic rings. The fourth-order valence-electron chi connectivity index (χ4n) is 4.38. The number of fused-ring (bicyclic) bond motifs is 1. The summed E-state index contributed by atoms with van der Waals surface area (Å²) in [6.45, 7) is 7.69. The molecule has 2 saturated carbocycles. The number of hydrogen-bond acceptors (Lipinski definition) is 2. The van der Waals surface area contributed by atoms with Crippen molar-refractivity contribution < 1.29 is 4.74 Å². The summed E-state index contributed by atoms with van der Waals surface area (Å²) in [6, 6.07) is 5.20. The molecule has 2 nitrogen and oxygen atoms in total. The van der Waals surface area contributed by atoms with Gasteiger partial charge in [0.25, 0.3) is 0 Å². The Hall–Kier alpha value is -1.02. The number of nitrogens with one attached hydrogen (secondary N) is 1. The normalized spacial score (nSPS) is 28.3. The maximum atomic E-state index is 5.52. The lowest BCUT2D eigenvalue weighted by Crippen LogP contribution is -2.28. The highest BCUT2D eigenvalue weighted by Gasteiger charge is 2.48. The maximum Gasteiger partial charge on any atom is 0.124 e. The van der Waals surface area contributed by atoms with Crippen LogP contribution >= 0.6 is 0 Å². The van der Waals surface area contributed by atoms with Crippen LogP contribution in [0.3, 0.4) is 0 Å². The summed E-state index contributed by atoms with van der Waals surface area (Å²) in [7, 11) is 1.77. The van der Waals surface area contributed by atoms with Gasteiger partial charge in [-0.2, -0.15) is 0 Å². The third-order valence-electron chi connectivity index (χ3n) is 5.41. The summed E-state index contributed by atoms with van der Waals surface area (Å²) in [5.41, 5.74) is 3.99. The van der Waals surface area contributed by atoms with E-state index in [0.717, 1.165) is 30.0 Å². The Morgan fingerprint density at radius 1 is 1.14 bits per heavy atom. The molecule has 0 radical (unpaired) electrons. The smallest absolute Gasteiger partial charge is 0.124 e. The standard InChI is InChI=1S/C19H29NO/c1-5-6-20-18(17-10-14-9-15(14)11-17)16-7-12(2)19(21-4)13(3)8-16/h7-8,14-15,17-18,20H,5-6,9-11H2,1-4H3. The largest absolute Gasteiger partial charge is 0.496 e. The van der Waals surface area contributed by atoms with Crippen LogP contribution in [0.15, 0.2) is 12.1 Å². The topological polar surface area (TPSA) is 21.3 Å². The van der Waals surface area contributed by atoms with Gasteiger partial charge in [-0.25, -0.2) is 0 Å². The number of aryl methyl sites for hydroxylation is 2. The zero-order valence-electron chi connectivity index (χ0n) is 13.9. The second-order valence-electron chi connectivity index (χ2n) is 7.11. The Labute approximate surface area is 129 Å². The monoisotopic (exact) mass is 287 g/mol. The fourth-order valence-corrected chi connectivity index (χ4v) is 4.38. The predicted octanol–water partition coefficient (Wildman–Crippen LogP) is 4.40. The SMILES string of the molecule is CCCNC(c1cc(C)c(OC)c(C)c1)C1CC2CC2C1. The molecule has 0 aromatic heterocycles. The van der Waals surface area contributed by atoms with Gasteiger partial charge in [-0.15, -0.1) is 0 Å². The van der Waals surface area contributed by atoms with E-state index in [4.69, 9.17) is 4.74 Å². The average Bonchev–Trinajstić information content (AvgIpc) is 3.06. The van der Waals surface area contributed by atoms with Crippen molar-refractivity contribution in [1.29, 1.82) is 0 Å². The van der Waals surface area contributed by atoms with Crippen molar-refractivity contribution in [3.8, 4) is 5.75 Å². The van der Waals surface area contributed by atoms with Crippen LogP contribution in [0.2, 0.25) is 0 Å². The fraction of sp³-hybridized carbons (Fsp3) is 0.684. The van der Waals surface area contributed by atoms with Crippen molar-refractivity contribution in [3.63, 3.8) is 0 Å². The molecular formula is C19H29NO. The molecule has 2 fully saturated rings. The van der Waals surface area contributed by atoms with Gasteiger partial charge in [0, 0.05) is 6.04 Å². The molecule has 0 heterocycles. The van der Waals surface area contributed by atoms with Gasteiger partial charge in [0.05, 0.1) is 7.11 Å². The first-order valence-corrected chi connectivity index (χ1v) is 8.52. The van der Waals surface area contributed by atoms with E-state index in [-0.39, 0.29) is 0 Å². The van der Waals surface area contributed by atoms with Crippen molar-refractivity contribution in [1.82, 2.24) is 5.32 Å². The summed E-state index contributed by atoms with van der Waals surface area (Å²) in [6.07, 6.45) is 5.55. The summed E-state index contributed by atoms with van der Waals surface area (Å²) in [4.78, 5) is 0. The quantitative estimate of drug-likeness (QED) is 0.837. The molecule has 1 N–H and O–H groups in total. The van der Waals surface area contributed by atoms with Crippen LogP contribution in [-0.2, 0) is 0 Å². The summed E-state index contributed by atoms with van der Waals surface area (Å²) < 4.78 is 5.52. The van der Waals surface area contributed by atoms with E-state index in [1.54, 1.807) is 7.11 Å². The Balaban J connectivity index is 1.84. The van der Waals surface area contributed by atoms with E-state index >= 15 is 0 Å². The lowest BCUT2D eigenvalue weighted by Gasteiger charge is -2.28. The molecule has 0 amide bonds. The highest BCUT2D eigenvalue weighted by atomic mass is 16.5. The van der Waals surface area contributed by atoms with E-state index in [2.05, 4.69) is 38.2 Å². The van der Waals surface area contributed by atoms with Crippen molar-refractivity contribution >= 4 is 0 Å². The first-order valence-electron chi connectivity index (χ1n) is 8.52. The molecule has 21 heavy (non-hydrogen) atoms. The molecule has 1 aromatic carbocycles. The predicted molar refractivity (Wildman–Crippen MR) is 87.8 cm³/mol. The van der Waals surface area contributed by atoms with E-state index in [1.807, 2.05) is 0 Å². The lowest BCUT2D eigenvalue weighted by molar-refractivity contribution is 0.341. The Morgan fingerprint density at radius 3 is 2.29 bits per heavy atom. The van der Waals surface area contributed by atoms with Crippen LogP contribution < -0.4 is 10.1 Å². The van der Waals surface area contributed by atoms with Gasteiger partial charge in [-0.3, -0.25) is 0 Å². The number of hydrogen-bond donors (Lipinski definition) is 1. The van der Waals surface area contributed by atoms with Crippen molar-refractivity contribution in [2.45, 2.75) is 52.5 Å². The number of benzene rings is 1. The number of ether oxygens (including phenoxy) is 1. The molecule has 0 bridgehead atoms. The highest BCUT2D eigenvalue weighted by Crippen LogP contribution is 2.57. The zero-order valence-corrected chi connectivity index (χ0v) is 13.9. The van der Waals surface area contributed by atoms with E-state index in [9.17, 15) is 0 Å². The summed E-state index contributed by atoms with van der Waals surface area (Å²) in [5.74, 6) is 3.96. The Morgan fingerprint density at radius 2 is 1.76 bits per heavy atom. The molecule has 3 rings (SSSR count). The lowest BCUT2D eigenvalue weighted by atomic mass is 9.87. The van der Waals surface area contributed by atoms with Gasteiger partial charge in [-0.1, -0.05) is 19.1 Å². The summed E-state index contributed by atoms with van der Waals surface area (Å²) in [5, 5.41) is 3.82. The van der Waals surface area contributed by atoms with E-state index in [1.165, 1.54) is 42.4 Å². The Bertz CT molecular complexity index is 477. The molecule has 3 atom stereocenters. The van der Waals surface area contributed by atoms with Gasteiger partial charge >= 0.3 is 0 Å². The average molecular weight is 287 g/mol. The Kier molecular flexibility index (Phi) is 4.26. The molecule has 116 valence electrons. The molecule has 0 saturated heterocycles. The molecule has 3 unspecified atom stereocenters. The minimum atomic E-state index is 0.529. The molecular weight excluding hydrogens is 258 g/mol. The second-order valence-corrected chi connectivity index (χ2v) is 7.11. The van der Waals surface area contributed by atoms with Crippen LogP contribution in [0.1, 0.15) is 55.3 Å². The van der Waals surface area contributed by atoms with Crippen molar-refractivity contribution in [2.24, 2.45) is 17.8 Å². The van der Waals surface area contributed by atoms with Crippen LogP contribution in [0, 0.1) is 31.6 Å². The minimum Gasteiger partial charge on any atom is -0.496 e. The molecule has 2 heteroatoms. The van der Waals surface area contributed by atoms with Crippen LogP contribution in [0.5, 0.6) is 5.75 Å². The van der Waals surface area contributed by atoms with Gasteiger partial charge in [0.2, 0.25) is 0 Å². The van der Waals surface area contributed by atoms with E-state index in [0.29, 0.717) is 6.04 Å².